The van der Waals surface area contributed by atoms with Crippen molar-refractivity contribution in [3.63, 3.8) is 0 Å². The van der Waals surface area contributed by atoms with Gasteiger partial charge < -0.3 is 0 Å². The van der Waals surface area contributed by atoms with Crippen molar-refractivity contribution in [3.8, 4) is 0 Å². The summed E-state index contributed by atoms with van der Waals surface area (Å²) in [6.07, 6.45) is 2.42. The molecule has 8 heteroatoms. The van der Waals surface area contributed by atoms with Crippen molar-refractivity contribution in [1.29, 1.82) is 0 Å². The first-order valence-electron chi connectivity index (χ1n) is 12.0. The minimum atomic E-state index is -3.87. The molecule has 1 aromatic carbocycles. The molecule has 2 rings (SSSR count). The van der Waals surface area contributed by atoms with Crippen molar-refractivity contribution >= 4 is 44.8 Å². The number of Topliss-reactive ketones (excluding diaryl/α,β-unsaturated/α-hetero) is 2. The molecule has 0 fully saturated rings. The zero-order chi connectivity index (χ0) is 27.1. The number of halogens is 2. The van der Waals surface area contributed by atoms with Crippen molar-refractivity contribution in [2.24, 2.45) is 17.3 Å². The fourth-order valence-electron chi connectivity index (χ4n) is 4.43. The molecule has 196 valence electrons. The molecule has 0 radical (unpaired) electrons. The summed E-state index contributed by atoms with van der Waals surface area (Å²) < 4.78 is 28.3. The number of carbonyl (C=O) groups is 2. The first kappa shape index (κ1) is 30.0. The topological polar surface area (TPSA) is 71.5 Å². The summed E-state index contributed by atoms with van der Waals surface area (Å²) in [6.45, 7) is 16.4. The van der Waals surface area contributed by atoms with Gasteiger partial charge in [-0.05, 0) is 63.1 Å². The van der Waals surface area contributed by atoms with E-state index in [4.69, 9.17) is 23.2 Å². The zero-order valence-corrected chi connectivity index (χ0v) is 24.6. The largest absolute Gasteiger partial charge is 0.300 e. The van der Waals surface area contributed by atoms with Gasteiger partial charge in [-0.3, -0.25) is 9.59 Å². The van der Waals surface area contributed by atoms with Crippen LogP contribution < -0.4 is 0 Å². The summed E-state index contributed by atoms with van der Waals surface area (Å²) in [4.78, 5) is 26.1. The Balaban J connectivity index is 2.74. The second kappa shape index (κ2) is 10.6. The van der Waals surface area contributed by atoms with Crippen LogP contribution in [0, 0.1) is 17.3 Å². The van der Waals surface area contributed by atoms with Crippen molar-refractivity contribution in [2.75, 3.05) is 0 Å². The van der Waals surface area contributed by atoms with Crippen LogP contribution in [0.4, 0.5) is 0 Å². The van der Waals surface area contributed by atoms with E-state index in [9.17, 15) is 18.0 Å². The van der Waals surface area contributed by atoms with Crippen LogP contribution in [0.25, 0.3) is 0 Å². The molecule has 5 nitrogen and oxygen atoms in total. The maximum absolute atomic E-state index is 14.0. The van der Waals surface area contributed by atoms with E-state index >= 15 is 0 Å². The summed E-state index contributed by atoms with van der Waals surface area (Å²) in [5.74, 6) is -0.425. The van der Waals surface area contributed by atoms with Crippen LogP contribution in [-0.2, 0) is 19.6 Å². The second-order valence-electron chi connectivity index (χ2n) is 12.0. The maximum Gasteiger partial charge on any atom is 0.220 e. The van der Waals surface area contributed by atoms with Gasteiger partial charge >= 0.3 is 0 Å². The van der Waals surface area contributed by atoms with Gasteiger partial charge in [0.05, 0.1) is 20.8 Å². The van der Waals surface area contributed by atoms with E-state index in [2.05, 4.69) is 0 Å². The third kappa shape index (κ3) is 6.57. The van der Waals surface area contributed by atoms with Crippen LogP contribution in [0.1, 0.15) is 86.8 Å². The molecule has 0 saturated heterocycles. The lowest BCUT2D eigenvalue weighted by atomic mass is 9.85. The van der Waals surface area contributed by atoms with Gasteiger partial charge in [0.15, 0.2) is 5.78 Å². The third-order valence-electron chi connectivity index (χ3n) is 6.44. The highest BCUT2D eigenvalue weighted by atomic mass is 35.5. The lowest BCUT2D eigenvalue weighted by Gasteiger charge is -2.40. The highest BCUT2D eigenvalue weighted by Crippen LogP contribution is 2.48. The Bertz CT molecular complexity index is 1110. The molecular formula is C27H39Cl2NO4S. The highest BCUT2D eigenvalue weighted by molar-refractivity contribution is 7.90. The Morgan fingerprint density at radius 3 is 2.03 bits per heavy atom. The standard InChI is InChI=1S/C27H39Cl2NO4S/c1-16(2)12-19(17(3)31)14-23(32)20-15-24(26(4,5)6)30(35(33,34)27(7,8)9)25(20)18-10-11-21(28)22(29)13-18/h10-11,13,15-16,19,24-25H,12,14H2,1-9H3/t19-,24+,25+/m1/s1. The molecule has 0 bridgehead atoms. The number of nitrogens with zero attached hydrogens (tertiary/aromatic N) is 1. The van der Waals surface area contributed by atoms with E-state index in [1.807, 2.05) is 34.6 Å². The van der Waals surface area contributed by atoms with Crippen molar-refractivity contribution in [1.82, 2.24) is 4.31 Å². The van der Waals surface area contributed by atoms with Gasteiger partial charge in [0.1, 0.15) is 5.78 Å². The maximum atomic E-state index is 14.0. The van der Waals surface area contributed by atoms with Crippen molar-refractivity contribution < 1.29 is 18.0 Å². The summed E-state index contributed by atoms with van der Waals surface area (Å²) in [5, 5.41) is 0.626. The predicted octanol–water partition coefficient (Wildman–Crippen LogP) is 7.03. The van der Waals surface area contributed by atoms with Crippen LogP contribution in [0.3, 0.4) is 0 Å². The van der Waals surface area contributed by atoms with Gasteiger partial charge in [-0.2, -0.15) is 4.31 Å². The normalized spacial score (nSPS) is 20.7. The quantitative estimate of drug-likeness (QED) is 0.352. The monoisotopic (exact) mass is 543 g/mol. The van der Waals surface area contributed by atoms with Gasteiger partial charge in [-0.1, -0.05) is 70.0 Å². The Morgan fingerprint density at radius 2 is 1.60 bits per heavy atom. The second-order valence-corrected chi connectivity index (χ2v) is 15.4. The summed E-state index contributed by atoms with van der Waals surface area (Å²) >= 11 is 12.5. The predicted molar refractivity (Wildman–Crippen MR) is 144 cm³/mol. The summed E-state index contributed by atoms with van der Waals surface area (Å²) in [6, 6.07) is 3.53. The van der Waals surface area contributed by atoms with Gasteiger partial charge in [-0.15, -0.1) is 0 Å². The van der Waals surface area contributed by atoms with Gasteiger partial charge in [0.25, 0.3) is 0 Å². The van der Waals surface area contributed by atoms with Crippen LogP contribution in [0.2, 0.25) is 10.0 Å². The van der Waals surface area contributed by atoms with Crippen molar-refractivity contribution in [2.45, 2.75) is 92.0 Å². The molecule has 0 saturated carbocycles. The molecule has 1 aliphatic heterocycles. The molecule has 35 heavy (non-hydrogen) atoms. The molecule has 0 N–H and O–H groups in total. The number of carbonyl (C=O) groups excluding carboxylic acids is 2. The minimum absolute atomic E-state index is 0.0386. The smallest absolute Gasteiger partial charge is 0.220 e. The fraction of sp³-hybridized carbons (Fsp3) is 0.630. The highest BCUT2D eigenvalue weighted by Gasteiger charge is 2.52. The van der Waals surface area contributed by atoms with Crippen LogP contribution >= 0.6 is 23.2 Å². The molecule has 1 aliphatic rings. The minimum Gasteiger partial charge on any atom is -0.300 e. The first-order chi connectivity index (χ1) is 15.8. The lowest BCUT2D eigenvalue weighted by Crippen LogP contribution is -2.51. The van der Waals surface area contributed by atoms with E-state index in [-0.39, 0.29) is 28.9 Å². The Morgan fingerprint density at radius 1 is 1.03 bits per heavy atom. The number of ketones is 2. The van der Waals surface area contributed by atoms with E-state index < -0.39 is 38.2 Å². The Kier molecular flexibility index (Phi) is 9.13. The lowest BCUT2D eigenvalue weighted by molar-refractivity contribution is -0.125. The van der Waals surface area contributed by atoms with Crippen LogP contribution in [0.5, 0.6) is 0 Å². The fourth-order valence-corrected chi connectivity index (χ4v) is 6.55. The molecular weight excluding hydrogens is 505 g/mol. The number of hydrogen-bond acceptors (Lipinski definition) is 4. The van der Waals surface area contributed by atoms with Crippen LogP contribution in [0.15, 0.2) is 29.8 Å². The molecule has 1 heterocycles. The molecule has 3 atom stereocenters. The molecule has 0 spiro atoms. The Hall–Kier alpha value is -1.21. The average molecular weight is 545 g/mol. The van der Waals surface area contributed by atoms with E-state index in [1.54, 1.807) is 45.0 Å². The summed E-state index contributed by atoms with van der Waals surface area (Å²) in [7, 11) is -3.87. The number of rotatable bonds is 8. The number of sulfonamides is 1. The van der Waals surface area contributed by atoms with E-state index in [0.29, 0.717) is 22.6 Å². The Labute approximate surface area is 221 Å². The first-order valence-corrected chi connectivity index (χ1v) is 14.2. The third-order valence-corrected chi connectivity index (χ3v) is 9.72. The average Bonchev–Trinajstić information content (AvgIpc) is 3.10. The summed E-state index contributed by atoms with van der Waals surface area (Å²) in [5.41, 5.74) is 0.458. The van der Waals surface area contributed by atoms with Gasteiger partial charge in [0.2, 0.25) is 10.0 Å². The number of benzene rings is 1. The molecule has 0 amide bonds. The SMILES string of the molecule is CC(=O)[C@@H](CC(=O)C1=C[C@@H](C(C)(C)C)N(S(=O)(=O)C(C)(C)C)[C@H]1c1ccc(Cl)c(Cl)c1)CC(C)C. The number of hydrogen-bond donors (Lipinski definition) is 0. The van der Waals surface area contributed by atoms with Gasteiger partial charge in [0, 0.05) is 24.0 Å². The van der Waals surface area contributed by atoms with E-state index in [0.717, 1.165) is 0 Å². The zero-order valence-electron chi connectivity index (χ0n) is 22.3. The van der Waals surface area contributed by atoms with E-state index in [1.165, 1.54) is 11.2 Å². The molecule has 0 aromatic heterocycles. The van der Waals surface area contributed by atoms with Crippen LogP contribution in [-0.4, -0.2) is 35.1 Å². The van der Waals surface area contributed by atoms with Gasteiger partial charge in [-0.25, -0.2) is 8.42 Å². The molecule has 0 aliphatic carbocycles. The molecule has 0 unspecified atom stereocenters. The van der Waals surface area contributed by atoms with Crippen molar-refractivity contribution in [3.05, 3.63) is 45.5 Å². The molecule has 1 aromatic rings.